The maximum Gasteiger partial charge on any atom is 0.272 e. The highest BCUT2D eigenvalue weighted by Crippen LogP contribution is 2.47. The lowest BCUT2D eigenvalue weighted by molar-refractivity contribution is 0.0946. The van der Waals surface area contributed by atoms with Crippen LogP contribution in [-0.2, 0) is 5.41 Å². The van der Waals surface area contributed by atoms with Crippen molar-refractivity contribution in [2.24, 2.45) is 0 Å². The van der Waals surface area contributed by atoms with Crippen LogP contribution in [0.2, 0.25) is 0 Å². The van der Waals surface area contributed by atoms with Gasteiger partial charge in [0.1, 0.15) is 0 Å². The van der Waals surface area contributed by atoms with E-state index in [0.29, 0.717) is 12.2 Å². The molecule has 22 heavy (non-hydrogen) atoms. The number of nitrogens with one attached hydrogen (secondary N) is 2. The van der Waals surface area contributed by atoms with E-state index in [4.69, 9.17) is 0 Å². The highest BCUT2D eigenvalue weighted by Gasteiger charge is 2.44. The van der Waals surface area contributed by atoms with E-state index in [1.807, 2.05) is 30.3 Å². The van der Waals surface area contributed by atoms with Gasteiger partial charge in [0.25, 0.3) is 5.91 Å². The molecule has 2 N–H and O–H groups in total. The SMILES string of the molecule is O=C(NCC1(c2ccccc2)CC1)c1n[nH]c2ccccc12. The Morgan fingerprint density at radius 1 is 1.09 bits per heavy atom. The van der Waals surface area contributed by atoms with Crippen molar-refractivity contribution in [1.29, 1.82) is 0 Å². The maximum atomic E-state index is 12.4. The second-order valence-electron chi connectivity index (χ2n) is 5.95. The quantitative estimate of drug-likeness (QED) is 0.776. The third-order valence-corrected chi connectivity index (χ3v) is 4.51. The highest BCUT2D eigenvalue weighted by atomic mass is 16.1. The van der Waals surface area contributed by atoms with Gasteiger partial charge < -0.3 is 5.32 Å². The molecule has 0 bridgehead atoms. The van der Waals surface area contributed by atoms with Crippen LogP contribution in [0.3, 0.4) is 0 Å². The summed E-state index contributed by atoms with van der Waals surface area (Å²) in [4.78, 5) is 12.4. The number of nitrogens with zero attached hydrogens (tertiary/aromatic N) is 1. The van der Waals surface area contributed by atoms with Crippen LogP contribution in [0.4, 0.5) is 0 Å². The van der Waals surface area contributed by atoms with Crippen LogP contribution >= 0.6 is 0 Å². The Hall–Kier alpha value is -2.62. The molecule has 1 saturated carbocycles. The van der Waals surface area contributed by atoms with Crippen LogP contribution in [0.25, 0.3) is 10.9 Å². The Kier molecular flexibility index (Phi) is 2.96. The molecule has 1 heterocycles. The predicted molar refractivity (Wildman–Crippen MR) is 85.8 cm³/mol. The summed E-state index contributed by atoms with van der Waals surface area (Å²) in [5, 5.41) is 11.0. The smallest absolute Gasteiger partial charge is 0.272 e. The summed E-state index contributed by atoms with van der Waals surface area (Å²) >= 11 is 0. The van der Waals surface area contributed by atoms with E-state index in [1.54, 1.807) is 0 Å². The van der Waals surface area contributed by atoms with E-state index >= 15 is 0 Å². The minimum absolute atomic E-state index is 0.111. The molecule has 0 saturated heterocycles. The van der Waals surface area contributed by atoms with E-state index < -0.39 is 0 Å². The lowest BCUT2D eigenvalue weighted by Gasteiger charge is -2.16. The zero-order valence-electron chi connectivity index (χ0n) is 12.2. The van der Waals surface area contributed by atoms with Crippen molar-refractivity contribution in [1.82, 2.24) is 15.5 Å². The Labute approximate surface area is 128 Å². The number of aromatic nitrogens is 2. The second-order valence-corrected chi connectivity index (χ2v) is 5.95. The van der Waals surface area contributed by atoms with Crippen LogP contribution in [0.1, 0.15) is 28.9 Å². The molecule has 110 valence electrons. The summed E-state index contributed by atoms with van der Waals surface area (Å²) in [5.41, 5.74) is 2.78. The number of amides is 1. The molecular weight excluding hydrogens is 274 g/mol. The predicted octanol–water partition coefficient (Wildman–Crippen LogP) is 3.02. The molecule has 0 radical (unpaired) electrons. The summed E-state index contributed by atoms with van der Waals surface area (Å²) in [7, 11) is 0. The van der Waals surface area contributed by atoms with Gasteiger partial charge in [-0.25, -0.2) is 0 Å². The Bertz CT molecular complexity index is 818. The van der Waals surface area contributed by atoms with Gasteiger partial charge in [0, 0.05) is 17.3 Å². The zero-order chi connectivity index (χ0) is 15.0. The molecule has 2 aromatic carbocycles. The molecule has 4 nitrogen and oxygen atoms in total. The first kappa shape index (κ1) is 13.1. The monoisotopic (exact) mass is 291 g/mol. The fourth-order valence-corrected chi connectivity index (χ4v) is 2.98. The first-order valence-corrected chi connectivity index (χ1v) is 7.55. The van der Waals surface area contributed by atoms with E-state index in [-0.39, 0.29) is 11.3 Å². The number of hydrogen-bond acceptors (Lipinski definition) is 2. The van der Waals surface area contributed by atoms with Crippen molar-refractivity contribution in [3.8, 4) is 0 Å². The first-order valence-electron chi connectivity index (χ1n) is 7.55. The third-order valence-electron chi connectivity index (χ3n) is 4.51. The average Bonchev–Trinajstić information content (AvgIpc) is 3.25. The van der Waals surface area contributed by atoms with Gasteiger partial charge in [0.15, 0.2) is 5.69 Å². The van der Waals surface area contributed by atoms with Gasteiger partial charge in [-0.05, 0) is 24.5 Å². The molecule has 4 rings (SSSR count). The summed E-state index contributed by atoms with van der Waals surface area (Å²) in [5.74, 6) is -0.111. The van der Waals surface area contributed by atoms with Gasteiger partial charge in [0.2, 0.25) is 0 Å². The molecule has 4 heteroatoms. The Morgan fingerprint density at radius 2 is 1.82 bits per heavy atom. The van der Waals surface area contributed by atoms with Crippen LogP contribution in [-0.4, -0.2) is 22.6 Å². The number of hydrogen-bond donors (Lipinski definition) is 2. The molecule has 0 atom stereocenters. The second kappa shape index (κ2) is 4.98. The Balaban J connectivity index is 1.51. The van der Waals surface area contributed by atoms with Gasteiger partial charge in [-0.1, -0.05) is 48.5 Å². The van der Waals surface area contributed by atoms with E-state index in [9.17, 15) is 4.79 Å². The average molecular weight is 291 g/mol. The summed E-state index contributed by atoms with van der Waals surface area (Å²) < 4.78 is 0. The molecule has 1 amide bonds. The zero-order valence-corrected chi connectivity index (χ0v) is 12.2. The number of para-hydroxylation sites is 1. The maximum absolute atomic E-state index is 12.4. The normalized spacial score (nSPS) is 15.6. The van der Waals surface area contributed by atoms with E-state index in [2.05, 4.69) is 39.8 Å². The number of rotatable bonds is 4. The fraction of sp³-hybridized carbons (Fsp3) is 0.222. The molecule has 1 aromatic heterocycles. The molecule has 0 spiro atoms. The van der Waals surface area contributed by atoms with Gasteiger partial charge in [-0.3, -0.25) is 9.89 Å². The van der Waals surface area contributed by atoms with Gasteiger partial charge in [0.05, 0.1) is 5.52 Å². The standard InChI is InChI=1S/C18H17N3O/c22-17(16-14-8-4-5-9-15(14)20-21-16)19-12-18(10-11-18)13-6-2-1-3-7-13/h1-9H,10-12H2,(H,19,22)(H,20,21). The highest BCUT2D eigenvalue weighted by molar-refractivity contribution is 6.04. The van der Waals surface area contributed by atoms with Crippen LogP contribution in [0.15, 0.2) is 54.6 Å². The minimum atomic E-state index is -0.111. The number of carbonyl (C=O) groups excluding carboxylic acids is 1. The first-order chi connectivity index (χ1) is 10.8. The van der Waals surface area contributed by atoms with Gasteiger partial charge in [-0.15, -0.1) is 0 Å². The summed E-state index contributed by atoms with van der Waals surface area (Å²) in [6.07, 6.45) is 2.25. The number of H-pyrrole nitrogens is 1. The lowest BCUT2D eigenvalue weighted by atomic mass is 9.96. The van der Waals surface area contributed by atoms with Crippen molar-refractivity contribution in [2.45, 2.75) is 18.3 Å². The molecular formula is C18H17N3O. The summed E-state index contributed by atoms with van der Waals surface area (Å²) in [6.45, 7) is 0.664. The molecule has 1 aliphatic rings. The number of aromatic amines is 1. The van der Waals surface area contributed by atoms with Crippen molar-refractivity contribution in [3.63, 3.8) is 0 Å². The summed E-state index contributed by atoms with van der Waals surface area (Å²) in [6, 6.07) is 18.1. The third kappa shape index (κ3) is 2.17. The van der Waals surface area contributed by atoms with Crippen molar-refractivity contribution in [3.05, 3.63) is 65.9 Å². The van der Waals surface area contributed by atoms with Crippen LogP contribution in [0.5, 0.6) is 0 Å². The van der Waals surface area contributed by atoms with Crippen LogP contribution in [0, 0.1) is 0 Å². The topological polar surface area (TPSA) is 57.8 Å². The lowest BCUT2D eigenvalue weighted by Crippen LogP contribution is -2.32. The number of benzene rings is 2. The van der Waals surface area contributed by atoms with Crippen molar-refractivity contribution < 1.29 is 4.79 Å². The van der Waals surface area contributed by atoms with Crippen molar-refractivity contribution >= 4 is 16.8 Å². The largest absolute Gasteiger partial charge is 0.350 e. The van der Waals surface area contributed by atoms with Crippen LogP contribution < -0.4 is 5.32 Å². The van der Waals surface area contributed by atoms with Gasteiger partial charge in [-0.2, -0.15) is 5.10 Å². The molecule has 1 aliphatic carbocycles. The molecule has 3 aromatic rings. The molecule has 0 unspecified atom stereocenters. The van der Waals surface area contributed by atoms with E-state index in [0.717, 1.165) is 23.7 Å². The Morgan fingerprint density at radius 3 is 2.59 bits per heavy atom. The number of carbonyl (C=O) groups is 1. The minimum Gasteiger partial charge on any atom is -0.350 e. The van der Waals surface area contributed by atoms with Crippen molar-refractivity contribution in [2.75, 3.05) is 6.54 Å². The molecule has 0 aliphatic heterocycles. The number of fused-ring (bicyclic) bond motifs is 1. The van der Waals surface area contributed by atoms with E-state index in [1.165, 1.54) is 5.56 Å². The van der Waals surface area contributed by atoms with Gasteiger partial charge >= 0.3 is 0 Å². The fourth-order valence-electron chi connectivity index (χ4n) is 2.98. The molecule has 1 fully saturated rings.